The second-order valence-corrected chi connectivity index (χ2v) is 10.3. The van der Waals surface area contributed by atoms with Crippen molar-refractivity contribution in [1.29, 1.82) is 0 Å². The number of nitrogens with zero attached hydrogens (tertiary/aromatic N) is 2. The molecule has 1 amide bonds. The van der Waals surface area contributed by atoms with E-state index >= 15 is 0 Å². The lowest BCUT2D eigenvalue weighted by molar-refractivity contribution is -0.137. The molecule has 0 aliphatic carbocycles. The first-order valence-electron chi connectivity index (χ1n) is 11.0. The summed E-state index contributed by atoms with van der Waals surface area (Å²) in [6.45, 7) is 1.44. The Kier molecular flexibility index (Phi) is 6.71. The standard InChI is InChI=1S/C24H30N2O5S/c1-30-20-8-10-22(11-9-20)32(28,29)25-15-12-18(13-16-25)24(27)26-14-4-7-23(26)19-5-3-6-21(17-19)31-2/h3,5-6,8-11,17-18,23H,4,7,12-16H2,1-2H3. The Labute approximate surface area is 190 Å². The van der Waals surface area contributed by atoms with E-state index in [-0.39, 0.29) is 22.8 Å². The van der Waals surface area contributed by atoms with Gasteiger partial charge in [0.2, 0.25) is 15.9 Å². The van der Waals surface area contributed by atoms with Crippen LogP contribution in [0.25, 0.3) is 0 Å². The number of rotatable bonds is 6. The minimum absolute atomic E-state index is 0.0543. The quantitative estimate of drug-likeness (QED) is 0.663. The molecule has 0 radical (unpaired) electrons. The molecule has 1 unspecified atom stereocenters. The largest absolute Gasteiger partial charge is 0.497 e. The molecule has 2 fully saturated rings. The van der Waals surface area contributed by atoms with Gasteiger partial charge in [-0.15, -0.1) is 0 Å². The summed E-state index contributed by atoms with van der Waals surface area (Å²) in [4.78, 5) is 15.6. The van der Waals surface area contributed by atoms with Crippen LogP contribution in [-0.2, 0) is 14.8 Å². The Hall–Kier alpha value is -2.58. The monoisotopic (exact) mass is 458 g/mol. The van der Waals surface area contributed by atoms with E-state index in [0.29, 0.717) is 31.7 Å². The number of methoxy groups -OCH3 is 2. The number of piperidine rings is 1. The third kappa shape index (κ3) is 4.47. The number of sulfonamides is 1. The molecule has 2 aliphatic heterocycles. The second-order valence-electron chi connectivity index (χ2n) is 8.32. The lowest BCUT2D eigenvalue weighted by atomic mass is 9.95. The Morgan fingerprint density at radius 2 is 1.59 bits per heavy atom. The van der Waals surface area contributed by atoms with Crippen LogP contribution < -0.4 is 9.47 Å². The fourth-order valence-electron chi connectivity index (χ4n) is 4.70. The number of carbonyl (C=O) groups is 1. The molecule has 2 aromatic carbocycles. The summed E-state index contributed by atoms with van der Waals surface area (Å²) in [6, 6.07) is 14.4. The summed E-state index contributed by atoms with van der Waals surface area (Å²) >= 11 is 0. The predicted octanol–water partition coefficient (Wildman–Crippen LogP) is 3.47. The van der Waals surface area contributed by atoms with Crippen LogP contribution in [0.4, 0.5) is 0 Å². The molecular formula is C24H30N2O5S. The fraction of sp³-hybridized carbons (Fsp3) is 0.458. The average molecular weight is 459 g/mol. The summed E-state index contributed by atoms with van der Waals surface area (Å²) in [7, 11) is -0.388. The molecule has 8 heteroatoms. The Morgan fingerprint density at radius 3 is 2.25 bits per heavy atom. The number of amides is 1. The van der Waals surface area contributed by atoms with Crippen molar-refractivity contribution in [2.24, 2.45) is 5.92 Å². The maximum absolute atomic E-state index is 13.3. The molecule has 0 N–H and O–H groups in total. The van der Waals surface area contributed by atoms with Crippen molar-refractivity contribution < 1.29 is 22.7 Å². The van der Waals surface area contributed by atoms with Gasteiger partial charge in [-0.05, 0) is 67.6 Å². The summed E-state index contributed by atoms with van der Waals surface area (Å²) in [5.74, 6) is 1.39. The number of benzene rings is 2. The molecule has 0 spiro atoms. The minimum atomic E-state index is -3.58. The molecule has 2 aromatic rings. The molecule has 7 nitrogen and oxygen atoms in total. The number of likely N-dealkylation sites (tertiary alicyclic amines) is 1. The Bertz CT molecular complexity index is 1050. The van der Waals surface area contributed by atoms with E-state index in [0.717, 1.165) is 30.7 Å². The molecule has 0 aromatic heterocycles. The first kappa shape index (κ1) is 22.6. The van der Waals surface area contributed by atoms with Crippen molar-refractivity contribution in [2.75, 3.05) is 33.9 Å². The number of ether oxygens (including phenoxy) is 2. The van der Waals surface area contributed by atoms with Crippen LogP contribution in [-0.4, -0.2) is 57.4 Å². The van der Waals surface area contributed by atoms with Crippen molar-refractivity contribution in [3.63, 3.8) is 0 Å². The van der Waals surface area contributed by atoms with E-state index in [2.05, 4.69) is 0 Å². The van der Waals surface area contributed by atoms with E-state index in [4.69, 9.17) is 9.47 Å². The number of hydrogen-bond acceptors (Lipinski definition) is 5. The van der Waals surface area contributed by atoms with Crippen LogP contribution in [0.2, 0.25) is 0 Å². The summed E-state index contributed by atoms with van der Waals surface area (Å²) < 4.78 is 37.9. The van der Waals surface area contributed by atoms with Crippen LogP contribution in [0.1, 0.15) is 37.3 Å². The molecule has 0 saturated carbocycles. The van der Waals surface area contributed by atoms with Crippen LogP contribution in [0.3, 0.4) is 0 Å². The van der Waals surface area contributed by atoms with Crippen LogP contribution in [0, 0.1) is 5.92 Å². The molecule has 32 heavy (non-hydrogen) atoms. The smallest absolute Gasteiger partial charge is 0.243 e. The summed E-state index contributed by atoms with van der Waals surface area (Å²) in [5.41, 5.74) is 1.09. The average Bonchev–Trinajstić information content (AvgIpc) is 3.34. The molecule has 1 atom stereocenters. The van der Waals surface area contributed by atoms with Gasteiger partial charge in [0.15, 0.2) is 0 Å². The zero-order valence-electron chi connectivity index (χ0n) is 18.6. The van der Waals surface area contributed by atoms with E-state index in [1.807, 2.05) is 29.2 Å². The predicted molar refractivity (Wildman–Crippen MR) is 121 cm³/mol. The second kappa shape index (κ2) is 9.50. The SMILES string of the molecule is COc1ccc(S(=O)(=O)N2CCC(C(=O)N3CCCC3c3cccc(OC)c3)CC2)cc1. The lowest BCUT2D eigenvalue weighted by Gasteiger charge is -2.34. The highest BCUT2D eigenvalue weighted by molar-refractivity contribution is 7.89. The molecule has 0 bridgehead atoms. The molecule has 2 heterocycles. The lowest BCUT2D eigenvalue weighted by Crippen LogP contribution is -2.44. The highest BCUT2D eigenvalue weighted by Gasteiger charge is 2.37. The van der Waals surface area contributed by atoms with Gasteiger partial charge in [-0.2, -0.15) is 4.31 Å². The van der Waals surface area contributed by atoms with Crippen molar-refractivity contribution in [2.45, 2.75) is 36.6 Å². The molecule has 2 aliphatic rings. The van der Waals surface area contributed by atoms with Crippen molar-refractivity contribution in [3.8, 4) is 11.5 Å². The highest BCUT2D eigenvalue weighted by atomic mass is 32.2. The van der Waals surface area contributed by atoms with Gasteiger partial charge in [0.1, 0.15) is 11.5 Å². The van der Waals surface area contributed by atoms with Crippen molar-refractivity contribution >= 4 is 15.9 Å². The Morgan fingerprint density at radius 1 is 0.906 bits per heavy atom. The zero-order valence-corrected chi connectivity index (χ0v) is 19.4. The highest BCUT2D eigenvalue weighted by Crippen LogP contribution is 2.36. The van der Waals surface area contributed by atoms with E-state index in [1.165, 1.54) is 4.31 Å². The summed E-state index contributed by atoms with van der Waals surface area (Å²) in [5, 5.41) is 0. The third-order valence-electron chi connectivity index (χ3n) is 6.51. The molecule has 4 rings (SSSR count). The first-order valence-corrected chi connectivity index (χ1v) is 12.5. The normalized spacial score (nSPS) is 20.3. The van der Waals surface area contributed by atoms with Gasteiger partial charge in [0.05, 0.1) is 25.2 Å². The van der Waals surface area contributed by atoms with Gasteiger partial charge in [-0.1, -0.05) is 12.1 Å². The van der Waals surface area contributed by atoms with Crippen LogP contribution in [0.15, 0.2) is 53.4 Å². The number of hydrogen-bond donors (Lipinski definition) is 0. The topological polar surface area (TPSA) is 76.2 Å². The van der Waals surface area contributed by atoms with Gasteiger partial charge in [-0.3, -0.25) is 4.79 Å². The molecule has 172 valence electrons. The van der Waals surface area contributed by atoms with Gasteiger partial charge < -0.3 is 14.4 Å². The van der Waals surface area contributed by atoms with E-state index in [9.17, 15) is 13.2 Å². The zero-order chi connectivity index (χ0) is 22.7. The van der Waals surface area contributed by atoms with Gasteiger partial charge >= 0.3 is 0 Å². The van der Waals surface area contributed by atoms with Crippen molar-refractivity contribution in [3.05, 3.63) is 54.1 Å². The minimum Gasteiger partial charge on any atom is -0.497 e. The molecule has 2 saturated heterocycles. The third-order valence-corrected chi connectivity index (χ3v) is 8.43. The van der Waals surface area contributed by atoms with E-state index in [1.54, 1.807) is 38.5 Å². The Balaban J connectivity index is 1.41. The molecular weight excluding hydrogens is 428 g/mol. The van der Waals surface area contributed by atoms with Crippen molar-refractivity contribution in [1.82, 2.24) is 9.21 Å². The van der Waals surface area contributed by atoms with Gasteiger partial charge in [-0.25, -0.2) is 8.42 Å². The first-order chi connectivity index (χ1) is 15.4. The summed E-state index contributed by atoms with van der Waals surface area (Å²) in [6.07, 6.45) is 2.98. The van der Waals surface area contributed by atoms with E-state index < -0.39 is 10.0 Å². The van der Waals surface area contributed by atoms with Crippen LogP contribution >= 0.6 is 0 Å². The van der Waals surface area contributed by atoms with Gasteiger partial charge in [0.25, 0.3) is 0 Å². The van der Waals surface area contributed by atoms with Gasteiger partial charge in [0, 0.05) is 25.6 Å². The maximum Gasteiger partial charge on any atom is 0.243 e. The maximum atomic E-state index is 13.3. The fourth-order valence-corrected chi connectivity index (χ4v) is 6.17. The number of carbonyl (C=O) groups excluding carboxylic acids is 1. The van der Waals surface area contributed by atoms with Crippen LogP contribution in [0.5, 0.6) is 11.5 Å².